The molecule has 1 spiro atoms. The highest BCUT2D eigenvalue weighted by molar-refractivity contribution is 5.97. The Kier molecular flexibility index (Phi) is 3.12. The summed E-state index contributed by atoms with van der Waals surface area (Å²) in [6.07, 6.45) is 0. The molecule has 0 fully saturated rings. The number of aryl methyl sites for hydroxylation is 4. The quantitative estimate of drug-likeness (QED) is 0.500. The van der Waals surface area contributed by atoms with Gasteiger partial charge in [0.15, 0.2) is 5.60 Å². The smallest absolute Gasteiger partial charge is 0.340 e. The SMILES string of the molecule is Cc1cc2c(cc1C)C1(OC(=O)c3ccccc31)c1cc(C)c(C)cc1O2. The van der Waals surface area contributed by atoms with Gasteiger partial charge in [-0.15, -0.1) is 0 Å². The topological polar surface area (TPSA) is 35.5 Å². The Morgan fingerprint density at radius 2 is 1.22 bits per heavy atom. The molecule has 0 bridgehead atoms. The number of hydrogen-bond donors (Lipinski definition) is 0. The lowest BCUT2D eigenvalue weighted by atomic mass is 9.76. The minimum atomic E-state index is -0.965. The van der Waals surface area contributed by atoms with E-state index in [-0.39, 0.29) is 5.97 Å². The maximum atomic E-state index is 12.8. The summed E-state index contributed by atoms with van der Waals surface area (Å²) in [5.41, 5.74) is 6.89. The zero-order valence-corrected chi connectivity index (χ0v) is 15.8. The van der Waals surface area contributed by atoms with Gasteiger partial charge in [-0.05, 0) is 80.3 Å². The summed E-state index contributed by atoms with van der Waals surface area (Å²) >= 11 is 0. The summed E-state index contributed by atoms with van der Waals surface area (Å²) in [6.45, 7) is 8.27. The van der Waals surface area contributed by atoms with Crippen LogP contribution in [0.15, 0.2) is 48.5 Å². The first kappa shape index (κ1) is 16.1. The Morgan fingerprint density at radius 1 is 0.704 bits per heavy atom. The van der Waals surface area contributed by atoms with E-state index in [0.717, 1.165) is 50.4 Å². The zero-order valence-electron chi connectivity index (χ0n) is 15.8. The molecule has 27 heavy (non-hydrogen) atoms. The first-order valence-corrected chi connectivity index (χ1v) is 9.16. The van der Waals surface area contributed by atoms with Crippen LogP contribution in [0.25, 0.3) is 0 Å². The van der Waals surface area contributed by atoms with Crippen LogP contribution in [-0.2, 0) is 10.3 Å². The Hall–Kier alpha value is -3.07. The predicted octanol–water partition coefficient (Wildman–Crippen LogP) is 5.49. The number of benzene rings is 3. The van der Waals surface area contributed by atoms with Crippen molar-refractivity contribution in [2.24, 2.45) is 0 Å². The molecule has 0 radical (unpaired) electrons. The molecule has 2 aliphatic rings. The van der Waals surface area contributed by atoms with Crippen LogP contribution in [0, 0.1) is 27.7 Å². The minimum absolute atomic E-state index is 0.291. The van der Waals surface area contributed by atoms with Gasteiger partial charge in [-0.25, -0.2) is 4.79 Å². The zero-order chi connectivity index (χ0) is 18.9. The molecular weight excluding hydrogens is 336 g/mol. The summed E-state index contributed by atoms with van der Waals surface area (Å²) < 4.78 is 12.5. The molecule has 0 saturated carbocycles. The number of ether oxygens (including phenoxy) is 2. The third kappa shape index (κ3) is 2.00. The molecule has 0 aromatic heterocycles. The lowest BCUT2D eigenvalue weighted by molar-refractivity contribution is 0.0224. The first-order chi connectivity index (χ1) is 12.9. The van der Waals surface area contributed by atoms with Gasteiger partial charge in [0, 0.05) is 16.7 Å². The molecule has 0 unspecified atom stereocenters. The third-order valence-electron chi connectivity index (χ3n) is 5.94. The van der Waals surface area contributed by atoms with Crippen LogP contribution in [-0.4, -0.2) is 5.97 Å². The Bertz CT molecular complexity index is 1080. The van der Waals surface area contributed by atoms with Gasteiger partial charge < -0.3 is 9.47 Å². The van der Waals surface area contributed by atoms with Gasteiger partial charge in [0.25, 0.3) is 0 Å². The molecule has 134 valence electrons. The van der Waals surface area contributed by atoms with Gasteiger partial charge >= 0.3 is 5.97 Å². The van der Waals surface area contributed by atoms with Crippen molar-refractivity contribution in [1.82, 2.24) is 0 Å². The van der Waals surface area contributed by atoms with Crippen molar-refractivity contribution in [3.05, 3.63) is 93.0 Å². The number of carbonyl (C=O) groups excluding carboxylic acids is 1. The fourth-order valence-electron chi connectivity index (χ4n) is 4.18. The monoisotopic (exact) mass is 356 g/mol. The average Bonchev–Trinajstić information content (AvgIpc) is 2.93. The second kappa shape index (κ2) is 5.23. The lowest BCUT2D eigenvalue weighted by Crippen LogP contribution is -2.33. The third-order valence-corrected chi connectivity index (χ3v) is 5.94. The predicted molar refractivity (Wildman–Crippen MR) is 104 cm³/mol. The number of esters is 1. The van der Waals surface area contributed by atoms with Crippen LogP contribution in [0.1, 0.15) is 49.3 Å². The standard InChI is InChI=1S/C24H20O3/c1-13-9-19-21(11-15(13)3)26-22-12-16(4)14(2)10-20(22)24(19)18-8-6-5-7-17(18)23(25)27-24/h5-12H,1-4H3. The first-order valence-electron chi connectivity index (χ1n) is 9.16. The van der Waals surface area contributed by atoms with Crippen molar-refractivity contribution < 1.29 is 14.3 Å². The van der Waals surface area contributed by atoms with Crippen molar-refractivity contribution in [3.63, 3.8) is 0 Å². The fraction of sp³-hybridized carbons (Fsp3) is 0.208. The van der Waals surface area contributed by atoms with E-state index in [1.807, 2.05) is 36.4 Å². The Morgan fingerprint density at radius 3 is 1.81 bits per heavy atom. The summed E-state index contributed by atoms with van der Waals surface area (Å²) in [7, 11) is 0. The summed E-state index contributed by atoms with van der Waals surface area (Å²) in [5, 5.41) is 0. The van der Waals surface area contributed by atoms with Crippen molar-refractivity contribution >= 4 is 5.97 Å². The van der Waals surface area contributed by atoms with E-state index in [1.165, 1.54) is 0 Å². The Balaban J connectivity index is 1.94. The van der Waals surface area contributed by atoms with Crippen molar-refractivity contribution in [1.29, 1.82) is 0 Å². The minimum Gasteiger partial charge on any atom is -0.456 e. The maximum Gasteiger partial charge on any atom is 0.340 e. The van der Waals surface area contributed by atoms with Gasteiger partial charge in [0.2, 0.25) is 0 Å². The molecule has 3 aromatic rings. The van der Waals surface area contributed by atoms with E-state index in [0.29, 0.717) is 5.56 Å². The molecule has 0 saturated heterocycles. The van der Waals surface area contributed by atoms with Crippen LogP contribution in [0.5, 0.6) is 11.5 Å². The molecule has 3 heteroatoms. The van der Waals surface area contributed by atoms with Gasteiger partial charge in [-0.1, -0.05) is 18.2 Å². The second-order valence-corrected chi connectivity index (χ2v) is 7.58. The molecule has 0 amide bonds. The molecule has 3 aromatic carbocycles. The number of fused-ring (bicyclic) bond motifs is 6. The highest BCUT2D eigenvalue weighted by Gasteiger charge is 2.53. The van der Waals surface area contributed by atoms with E-state index in [4.69, 9.17) is 9.47 Å². The van der Waals surface area contributed by atoms with Crippen molar-refractivity contribution in [3.8, 4) is 11.5 Å². The second-order valence-electron chi connectivity index (χ2n) is 7.58. The van der Waals surface area contributed by atoms with E-state index >= 15 is 0 Å². The summed E-state index contributed by atoms with van der Waals surface area (Å²) in [6, 6.07) is 15.9. The number of carbonyl (C=O) groups is 1. The van der Waals surface area contributed by atoms with Crippen molar-refractivity contribution in [2.75, 3.05) is 0 Å². The lowest BCUT2D eigenvalue weighted by Gasteiger charge is -2.37. The van der Waals surface area contributed by atoms with Crippen LogP contribution in [0.3, 0.4) is 0 Å². The molecule has 3 nitrogen and oxygen atoms in total. The van der Waals surface area contributed by atoms with E-state index in [1.54, 1.807) is 0 Å². The summed E-state index contributed by atoms with van der Waals surface area (Å²) in [4.78, 5) is 12.8. The van der Waals surface area contributed by atoms with Crippen LogP contribution >= 0.6 is 0 Å². The molecule has 0 N–H and O–H groups in total. The molecule has 2 heterocycles. The molecule has 0 atom stereocenters. The highest BCUT2D eigenvalue weighted by atomic mass is 16.6. The largest absolute Gasteiger partial charge is 0.456 e. The normalized spacial score (nSPS) is 15.6. The molecular formula is C24H20O3. The van der Waals surface area contributed by atoms with E-state index < -0.39 is 5.60 Å². The van der Waals surface area contributed by atoms with Gasteiger partial charge in [-0.3, -0.25) is 0 Å². The molecule has 2 aliphatic heterocycles. The fourth-order valence-corrected chi connectivity index (χ4v) is 4.18. The van der Waals surface area contributed by atoms with Gasteiger partial charge in [-0.2, -0.15) is 0 Å². The molecule has 5 rings (SSSR count). The van der Waals surface area contributed by atoms with Gasteiger partial charge in [0.1, 0.15) is 11.5 Å². The number of hydrogen-bond acceptors (Lipinski definition) is 3. The van der Waals surface area contributed by atoms with Crippen molar-refractivity contribution in [2.45, 2.75) is 33.3 Å². The summed E-state index contributed by atoms with van der Waals surface area (Å²) in [5.74, 6) is 1.21. The highest BCUT2D eigenvalue weighted by Crippen LogP contribution is 2.56. The van der Waals surface area contributed by atoms with Gasteiger partial charge in [0.05, 0.1) is 5.56 Å². The van der Waals surface area contributed by atoms with Crippen LogP contribution < -0.4 is 4.74 Å². The Labute approximate surface area is 158 Å². The number of rotatable bonds is 0. The van der Waals surface area contributed by atoms with E-state index in [2.05, 4.69) is 39.8 Å². The van der Waals surface area contributed by atoms with Crippen LogP contribution in [0.2, 0.25) is 0 Å². The average molecular weight is 356 g/mol. The van der Waals surface area contributed by atoms with E-state index in [9.17, 15) is 4.79 Å². The molecule has 0 aliphatic carbocycles. The maximum absolute atomic E-state index is 12.8. The van der Waals surface area contributed by atoms with Crippen LogP contribution in [0.4, 0.5) is 0 Å².